The Hall–Kier alpha value is -0.660. The molecule has 0 bridgehead atoms. The van der Waals surface area contributed by atoms with Gasteiger partial charge in [0, 0.05) is 10.0 Å². The summed E-state index contributed by atoms with van der Waals surface area (Å²) in [7, 11) is 1.58. The molecule has 0 spiro atoms. The highest BCUT2D eigenvalue weighted by Crippen LogP contribution is 2.35. The number of nitrogens with one attached hydrogen (secondary N) is 1. The maximum Gasteiger partial charge on any atom is 0.148 e. The second-order valence-electron chi connectivity index (χ2n) is 4.26. The number of nitrogens with two attached hydrogens (primary N) is 1. The molecule has 2 aromatic rings. The van der Waals surface area contributed by atoms with Crippen LogP contribution in [0.3, 0.4) is 0 Å². The van der Waals surface area contributed by atoms with Crippen LogP contribution in [0.2, 0.25) is 5.02 Å². The second kappa shape index (κ2) is 7.07. The van der Waals surface area contributed by atoms with E-state index in [9.17, 15) is 4.39 Å². The third-order valence-electron chi connectivity index (χ3n) is 3.05. The van der Waals surface area contributed by atoms with Crippen molar-refractivity contribution < 1.29 is 9.13 Å². The van der Waals surface area contributed by atoms with E-state index < -0.39 is 11.9 Å². The number of methoxy groups -OCH3 is 1. The predicted octanol–water partition coefficient (Wildman–Crippen LogP) is 4.57. The van der Waals surface area contributed by atoms with Crippen LogP contribution < -0.4 is 16.0 Å². The molecule has 7 heteroatoms. The van der Waals surface area contributed by atoms with Crippen LogP contribution in [0.25, 0.3) is 0 Å². The first-order valence-corrected chi connectivity index (χ1v) is 7.89. The van der Waals surface area contributed by atoms with E-state index in [4.69, 9.17) is 22.2 Å². The lowest BCUT2D eigenvalue weighted by atomic mass is 9.98. The minimum atomic E-state index is -0.530. The molecule has 3 nitrogen and oxygen atoms in total. The SMILES string of the molecule is COc1ccc(C(NN)c2ccc(Br)c(Cl)c2F)cc1Br. The van der Waals surface area contributed by atoms with Crippen molar-refractivity contribution in [2.24, 2.45) is 5.84 Å². The molecule has 0 saturated heterocycles. The van der Waals surface area contributed by atoms with Crippen molar-refractivity contribution in [1.82, 2.24) is 5.43 Å². The van der Waals surface area contributed by atoms with Gasteiger partial charge in [-0.15, -0.1) is 0 Å². The fourth-order valence-corrected chi connectivity index (χ4v) is 3.03. The first-order chi connectivity index (χ1) is 9.99. The molecule has 1 unspecified atom stereocenters. The van der Waals surface area contributed by atoms with Crippen LogP contribution in [0.15, 0.2) is 39.3 Å². The summed E-state index contributed by atoms with van der Waals surface area (Å²) in [6.07, 6.45) is 0. The molecule has 0 radical (unpaired) electrons. The van der Waals surface area contributed by atoms with Gasteiger partial charge >= 0.3 is 0 Å². The predicted molar refractivity (Wildman–Crippen MR) is 89.0 cm³/mol. The van der Waals surface area contributed by atoms with Crippen LogP contribution in [-0.2, 0) is 0 Å². The van der Waals surface area contributed by atoms with Gasteiger partial charge in [-0.3, -0.25) is 5.84 Å². The van der Waals surface area contributed by atoms with Gasteiger partial charge in [-0.2, -0.15) is 0 Å². The summed E-state index contributed by atoms with van der Waals surface area (Å²) >= 11 is 12.5. The monoisotopic (exact) mass is 436 g/mol. The minimum absolute atomic E-state index is 0.0281. The molecule has 0 aliphatic carbocycles. The summed E-state index contributed by atoms with van der Waals surface area (Å²) in [5, 5.41) is 0.0281. The zero-order chi connectivity index (χ0) is 15.6. The number of hydrazine groups is 1. The van der Waals surface area contributed by atoms with Crippen LogP contribution in [0, 0.1) is 5.82 Å². The van der Waals surface area contributed by atoms with Crippen molar-refractivity contribution in [1.29, 1.82) is 0 Å². The molecule has 112 valence electrons. The van der Waals surface area contributed by atoms with E-state index in [1.54, 1.807) is 25.3 Å². The van der Waals surface area contributed by atoms with E-state index in [1.165, 1.54) is 0 Å². The van der Waals surface area contributed by atoms with Crippen molar-refractivity contribution in [3.63, 3.8) is 0 Å². The number of benzene rings is 2. The standard InChI is InChI=1S/C14H12Br2ClFN2O/c1-21-11-5-2-7(6-10(11)16)14(20-19)8-3-4-9(15)12(17)13(8)18/h2-6,14,20H,19H2,1H3. The molecule has 2 rings (SSSR count). The summed E-state index contributed by atoms with van der Waals surface area (Å²) in [6, 6.07) is 8.19. The summed E-state index contributed by atoms with van der Waals surface area (Å²) in [5.74, 6) is 5.77. The third kappa shape index (κ3) is 3.40. The van der Waals surface area contributed by atoms with E-state index in [0.717, 1.165) is 10.0 Å². The number of halogens is 4. The minimum Gasteiger partial charge on any atom is -0.496 e. The van der Waals surface area contributed by atoms with Crippen molar-refractivity contribution in [3.8, 4) is 5.75 Å². The van der Waals surface area contributed by atoms with Gasteiger partial charge < -0.3 is 4.74 Å². The molecule has 0 aliphatic rings. The first-order valence-electron chi connectivity index (χ1n) is 5.92. The Morgan fingerprint density at radius 3 is 2.52 bits per heavy atom. The average Bonchev–Trinajstić information content (AvgIpc) is 2.48. The number of hydrogen-bond acceptors (Lipinski definition) is 3. The zero-order valence-corrected chi connectivity index (χ0v) is 14.9. The second-order valence-corrected chi connectivity index (χ2v) is 6.34. The Balaban J connectivity index is 2.50. The summed E-state index contributed by atoms with van der Waals surface area (Å²) < 4.78 is 20.8. The molecular weight excluding hydrogens is 426 g/mol. The normalized spacial score (nSPS) is 12.3. The van der Waals surface area contributed by atoms with E-state index in [2.05, 4.69) is 37.3 Å². The quantitative estimate of drug-likeness (QED) is 0.418. The smallest absolute Gasteiger partial charge is 0.148 e. The topological polar surface area (TPSA) is 47.3 Å². The molecule has 1 atom stereocenters. The molecule has 3 N–H and O–H groups in total. The summed E-state index contributed by atoms with van der Waals surface area (Å²) in [4.78, 5) is 0. The maximum atomic E-state index is 14.3. The van der Waals surface area contributed by atoms with Crippen molar-refractivity contribution in [2.75, 3.05) is 7.11 Å². The summed E-state index contributed by atoms with van der Waals surface area (Å²) in [5.41, 5.74) is 3.75. The number of ether oxygens (including phenoxy) is 1. The highest BCUT2D eigenvalue weighted by atomic mass is 79.9. The lowest BCUT2D eigenvalue weighted by molar-refractivity contribution is 0.411. The molecule has 0 fully saturated rings. The van der Waals surface area contributed by atoms with E-state index in [1.807, 2.05) is 12.1 Å². The van der Waals surface area contributed by atoms with Crippen LogP contribution in [0.1, 0.15) is 17.2 Å². The molecule has 0 aliphatic heterocycles. The Morgan fingerprint density at radius 2 is 1.95 bits per heavy atom. The first kappa shape index (κ1) is 16.7. The van der Waals surface area contributed by atoms with Crippen LogP contribution in [-0.4, -0.2) is 7.11 Å². The van der Waals surface area contributed by atoms with E-state index in [-0.39, 0.29) is 5.02 Å². The lowest BCUT2D eigenvalue weighted by Gasteiger charge is -2.19. The maximum absolute atomic E-state index is 14.3. The Morgan fingerprint density at radius 1 is 1.24 bits per heavy atom. The van der Waals surface area contributed by atoms with Crippen molar-refractivity contribution in [2.45, 2.75) is 6.04 Å². The van der Waals surface area contributed by atoms with E-state index in [0.29, 0.717) is 15.8 Å². The molecule has 2 aromatic carbocycles. The zero-order valence-electron chi connectivity index (χ0n) is 11.0. The molecule has 21 heavy (non-hydrogen) atoms. The van der Waals surface area contributed by atoms with Gasteiger partial charge in [0.05, 0.1) is 22.6 Å². The van der Waals surface area contributed by atoms with Gasteiger partial charge in [0.1, 0.15) is 11.6 Å². The van der Waals surface area contributed by atoms with Crippen LogP contribution in [0.4, 0.5) is 4.39 Å². The van der Waals surface area contributed by atoms with Gasteiger partial charge in [0.25, 0.3) is 0 Å². The fraction of sp³-hybridized carbons (Fsp3) is 0.143. The van der Waals surface area contributed by atoms with Gasteiger partial charge in [0.15, 0.2) is 0 Å². The highest BCUT2D eigenvalue weighted by molar-refractivity contribution is 9.10. The lowest BCUT2D eigenvalue weighted by Crippen LogP contribution is -2.29. The molecule has 0 heterocycles. The van der Waals surface area contributed by atoms with Crippen molar-refractivity contribution in [3.05, 3.63) is 61.2 Å². The molecule has 0 saturated carbocycles. The number of rotatable bonds is 4. The fourth-order valence-electron chi connectivity index (χ4n) is 1.99. The molecular formula is C14H12Br2ClFN2O. The van der Waals surface area contributed by atoms with Gasteiger partial charge in [-0.25, -0.2) is 9.82 Å². The molecule has 0 aromatic heterocycles. The highest BCUT2D eigenvalue weighted by Gasteiger charge is 2.20. The Kier molecular flexibility index (Phi) is 5.62. The number of hydrogen-bond donors (Lipinski definition) is 2. The average molecular weight is 439 g/mol. The third-order valence-corrected chi connectivity index (χ3v) is 4.93. The largest absolute Gasteiger partial charge is 0.496 e. The Bertz CT molecular complexity index is 670. The van der Waals surface area contributed by atoms with Gasteiger partial charge in [0.2, 0.25) is 0 Å². The molecule has 0 amide bonds. The Labute approximate surface area is 143 Å². The van der Waals surface area contributed by atoms with Gasteiger partial charge in [-0.05, 0) is 55.6 Å². The summed E-state index contributed by atoms with van der Waals surface area (Å²) in [6.45, 7) is 0. The van der Waals surface area contributed by atoms with Gasteiger partial charge in [-0.1, -0.05) is 23.7 Å². The van der Waals surface area contributed by atoms with Crippen LogP contribution >= 0.6 is 43.5 Å². The van der Waals surface area contributed by atoms with Crippen molar-refractivity contribution >= 4 is 43.5 Å². The van der Waals surface area contributed by atoms with E-state index >= 15 is 0 Å². The van der Waals surface area contributed by atoms with Crippen LogP contribution in [0.5, 0.6) is 5.75 Å².